The van der Waals surface area contributed by atoms with Crippen LogP contribution >= 0.6 is 15.9 Å². The quantitative estimate of drug-likeness (QED) is 0.594. The molecule has 0 spiro atoms. The summed E-state index contributed by atoms with van der Waals surface area (Å²) >= 11 is 3.19. The van der Waals surface area contributed by atoms with Gasteiger partial charge < -0.3 is 19.4 Å². The monoisotopic (exact) mass is 468 g/mol. The lowest BCUT2D eigenvalue weighted by Gasteiger charge is -2.23. The maximum Gasteiger partial charge on any atom is 0.287 e. The molecule has 0 aliphatic carbocycles. The summed E-state index contributed by atoms with van der Waals surface area (Å²) in [6, 6.07) is 16.4. The Morgan fingerprint density at radius 3 is 2.60 bits per heavy atom. The third kappa shape index (κ3) is 3.98. The van der Waals surface area contributed by atoms with Gasteiger partial charge in [0.1, 0.15) is 5.75 Å². The molecule has 7 heteroatoms. The zero-order valence-electron chi connectivity index (χ0n) is 16.6. The van der Waals surface area contributed by atoms with Crippen LogP contribution in [0.5, 0.6) is 5.75 Å². The molecule has 3 aromatic rings. The van der Waals surface area contributed by atoms with Crippen molar-refractivity contribution in [3.63, 3.8) is 0 Å². The lowest BCUT2D eigenvalue weighted by Crippen LogP contribution is -2.35. The molecule has 2 aromatic carbocycles. The Kier molecular flexibility index (Phi) is 5.63. The van der Waals surface area contributed by atoms with Gasteiger partial charge in [-0.1, -0.05) is 12.1 Å². The fourth-order valence-corrected chi connectivity index (χ4v) is 3.96. The van der Waals surface area contributed by atoms with Gasteiger partial charge in [-0.15, -0.1) is 0 Å². The Bertz CT molecular complexity index is 1090. The normalized spacial score (nSPS) is 15.0. The maximum atomic E-state index is 13.2. The highest BCUT2D eigenvalue weighted by atomic mass is 79.9. The Balaban J connectivity index is 1.52. The summed E-state index contributed by atoms with van der Waals surface area (Å²) in [7, 11) is 1.60. The number of carbonyl (C=O) groups excluding carboxylic acids is 2. The molecule has 30 heavy (non-hydrogen) atoms. The van der Waals surface area contributed by atoms with E-state index in [1.807, 2.05) is 30.0 Å². The molecular weight excluding hydrogens is 448 g/mol. The zero-order chi connectivity index (χ0) is 21.3. The lowest BCUT2D eigenvalue weighted by molar-refractivity contribution is 0.0920. The molecule has 1 aromatic heterocycles. The number of benzene rings is 2. The van der Waals surface area contributed by atoms with Crippen LogP contribution in [0.15, 0.2) is 63.7 Å². The van der Waals surface area contributed by atoms with E-state index >= 15 is 0 Å². The van der Waals surface area contributed by atoms with Crippen molar-refractivity contribution in [2.24, 2.45) is 0 Å². The molecule has 1 unspecified atom stereocenters. The van der Waals surface area contributed by atoms with Gasteiger partial charge in [0, 0.05) is 23.8 Å². The topological polar surface area (TPSA) is 71.8 Å². The molecule has 0 fully saturated rings. The Morgan fingerprint density at radius 2 is 1.93 bits per heavy atom. The minimum absolute atomic E-state index is 0.0504. The second-order valence-corrected chi connectivity index (χ2v) is 7.99. The number of nitrogens with zero attached hydrogens (tertiary/aromatic N) is 1. The molecule has 0 radical (unpaired) electrons. The molecule has 0 saturated heterocycles. The van der Waals surface area contributed by atoms with Crippen molar-refractivity contribution in [2.75, 3.05) is 12.0 Å². The number of methoxy groups -OCH3 is 1. The van der Waals surface area contributed by atoms with E-state index < -0.39 is 0 Å². The first-order valence-corrected chi connectivity index (χ1v) is 10.4. The molecule has 0 saturated carbocycles. The van der Waals surface area contributed by atoms with E-state index in [9.17, 15) is 9.59 Å². The summed E-state index contributed by atoms with van der Waals surface area (Å²) in [6.07, 6.45) is 0.796. The predicted molar refractivity (Wildman–Crippen MR) is 117 cm³/mol. The highest BCUT2D eigenvalue weighted by Crippen LogP contribution is 2.34. The van der Waals surface area contributed by atoms with Gasteiger partial charge in [-0.3, -0.25) is 9.59 Å². The lowest BCUT2D eigenvalue weighted by atomic mass is 10.1. The number of anilines is 1. The summed E-state index contributed by atoms with van der Waals surface area (Å²) in [4.78, 5) is 27.2. The minimum atomic E-state index is -0.291. The molecule has 1 N–H and O–H groups in total. The molecule has 4 rings (SSSR count). The van der Waals surface area contributed by atoms with Gasteiger partial charge >= 0.3 is 0 Å². The summed E-state index contributed by atoms with van der Waals surface area (Å²) in [6.45, 7) is 2.38. The van der Waals surface area contributed by atoms with Crippen molar-refractivity contribution in [3.05, 3.63) is 81.7 Å². The molecule has 2 amide bonds. The molecule has 1 atom stereocenters. The van der Waals surface area contributed by atoms with Gasteiger partial charge in [0.15, 0.2) is 10.4 Å². The third-order valence-corrected chi connectivity index (χ3v) is 5.60. The number of hydrogen-bond donors (Lipinski definition) is 1. The van der Waals surface area contributed by atoms with E-state index in [1.54, 1.807) is 43.5 Å². The van der Waals surface area contributed by atoms with Crippen molar-refractivity contribution in [1.82, 2.24) is 5.32 Å². The summed E-state index contributed by atoms with van der Waals surface area (Å²) < 4.78 is 11.0. The SMILES string of the molecule is COc1ccc(C(=O)N2c3cc(CNC(=O)c4ccc(Br)o4)ccc3CC2C)cc1. The summed E-state index contributed by atoms with van der Waals surface area (Å²) in [5.41, 5.74) is 3.53. The van der Waals surface area contributed by atoms with Crippen molar-refractivity contribution in [2.45, 2.75) is 25.9 Å². The molecule has 0 bridgehead atoms. The maximum absolute atomic E-state index is 13.2. The number of rotatable bonds is 5. The van der Waals surface area contributed by atoms with Crippen molar-refractivity contribution in [3.8, 4) is 5.75 Å². The average Bonchev–Trinajstić information content (AvgIpc) is 3.33. The van der Waals surface area contributed by atoms with Gasteiger partial charge in [0.2, 0.25) is 0 Å². The first kappa shape index (κ1) is 20.2. The van der Waals surface area contributed by atoms with Gasteiger partial charge in [-0.05, 0) is 82.9 Å². The molecule has 6 nitrogen and oxygen atoms in total. The molecular formula is C23H21BrN2O4. The van der Waals surface area contributed by atoms with Crippen LogP contribution in [-0.4, -0.2) is 25.0 Å². The summed E-state index contributed by atoms with van der Waals surface area (Å²) in [5.74, 6) is 0.613. The number of amides is 2. The average molecular weight is 469 g/mol. The Hall–Kier alpha value is -3.06. The second-order valence-electron chi connectivity index (χ2n) is 7.21. The van der Waals surface area contributed by atoms with Crippen LogP contribution in [0.4, 0.5) is 5.69 Å². The van der Waals surface area contributed by atoms with Crippen LogP contribution in [0.3, 0.4) is 0 Å². The van der Waals surface area contributed by atoms with E-state index in [4.69, 9.17) is 9.15 Å². The fraction of sp³-hybridized carbons (Fsp3) is 0.217. The first-order valence-electron chi connectivity index (χ1n) is 9.59. The van der Waals surface area contributed by atoms with Gasteiger partial charge in [0.25, 0.3) is 11.8 Å². The highest BCUT2D eigenvalue weighted by Gasteiger charge is 2.31. The Labute approximate surface area is 183 Å². The van der Waals surface area contributed by atoms with Crippen LogP contribution in [0, 0.1) is 0 Å². The second kappa shape index (κ2) is 8.36. The predicted octanol–water partition coefficient (Wildman–Crippen LogP) is 4.57. The molecule has 2 heterocycles. The van der Waals surface area contributed by atoms with E-state index in [2.05, 4.69) is 21.2 Å². The number of ether oxygens (including phenoxy) is 1. The highest BCUT2D eigenvalue weighted by molar-refractivity contribution is 9.10. The zero-order valence-corrected chi connectivity index (χ0v) is 18.2. The fourth-order valence-electron chi connectivity index (χ4n) is 3.65. The molecule has 1 aliphatic rings. The van der Waals surface area contributed by atoms with E-state index in [0.717, 1.165) is 23.2 Å². The van der Waals surface area contributed by atoms with E-state index in [1.165, 1.54) is 0 Å². The van der Waals surface area contributed by atoms with Crippen LogP contribution in [0.1, 0.15) is 39.0 Å². The van der Waals surface area contributed by atoms with Crippen LogP contribution in [0.25, 0.3) is 0 Å². The van der Waals surface area contributed by atoms with Crippen LogP contribution in [0.2, 0.25) is 0 Å². The van der Waals surface area contributed by atoms with Crippen LogP contribution < -0.4 is 15.0 Å². The molecule has 154 valence electrons. The van der Waals surface area contributed by atoms with E-state index in [-0.39, 0.29) is 23.6 Å². The minimum Gasteiger partial charge on any atom is -0.497 e. The number of hydrogen-bond acceptors (Lipinski definition) is 4. The summed E-state index contributed by atoms with van der Waals surface area (Å²) in [5, 5.41) is 2.85. The van der Waals surface area contributed by atoms with E-state index in [0.29, 0.717) is 22.5 Å². The molecule has 1 aliphatic heterocycles. The number of halogens is 1. The van der Waals surface area contributed by atoms with Crippen molar-refractivity contribution < 1.29 is 18.7 Å². The van der Waals surface area contributed by atoms with Crippen LogP contribution in [-0.2, 0) is 13.0 Å². The number of nitrogens with one attached hydrogen (secondary N) is 1. The number of fused-ring (bicyclic) bond motifs is 1. The van der Waals surface area contributed by atoms with Gasteiger partial charge in [-0.25, -0.2) is 0 Å². The first-order chi connectivity index (χ1) is 14.5. The number of furan rings is 1. The largest absolute Gasteiger partial charge is 0.497 e. The number of carbonyl (C=O) groups is 2. The Morgan fingerprint density at radius 1 is 1.17 bits per heavy atom. The van der Waals surface area contributed by atoms with Crippen molar-refractivity contribution >= 4 is 33.4 Å². The van der Waals surface area contributed by atoms with Crippen molar-refractivity contribution in [1.29, 1.82) is 0 Å². The van der Waals surface area contributed by atoms with Gasteiger partial charge in [0.05, 0.1) is 7.11 Å². The third-order valence-electron chi connectivity index (χ3n) is 5.17. The smallest absolute Gasteiger partial charge is 0.287 e. The van der Waals surface area contributed by atoms with Gasteiger partial charge in [-0.2, -0.15) is 0 Å². The standard InChI is InChI=1S/C23H21BrN2O4/c1-14-11-17-4-3-15(13-25-22(27)20-9-10-21(24)30-20)12-19(17)26(14)23(28)16-5-7-18(29-2)8-6-16/h3-10,12,14H,11,13H2,1-2H3,(H,25,27).